The molecule has 0 unspecified atom stereocenters. The Morgan fingerprint density at radius 2 is 1.36 bits per heavy atom. The first-order valence-electron chi connectivity index (χ1n) is 14.7. The number of halogens is 3. The Balaban J connectivity index is 1.81. The third-order valence-electron chi connectivity index (χ3n) is 9.07. The second-order valence-corrected chi connectivity index (χ2v) is 20.4. The average molecular weight is 607 g/mol. The molecular weight excluding hydrogens is 561 g/mol. The molecule has 232 valence electrons. The molecule has 6 nitrogen and oxygen atoms in total. The van der Waals surface area contributed by atoms with Crippen molar-refractivity contribution in [2.75, 3.05) is 6.61 Å². The number of benzene rings is 1. The molecule has 0 saturated carbocycles. The van der Waals surface area contributed by atoms with Crippen LogP contribution in [-0.4, -0.2) is 62.1 Å². The highest BCUT2D eigenvalue weighted by Crippen LogP contribution is 2.46. The summed E-state index contributed by atoms with van der Waals surface area (Å²) in [7, 11) is -3.50. The van der Waals surface area contributed by atoms with Crippen molar-refractivity contribution in [2.24, 2.45) is 0 Å². The molecule has 0 amide bonds. The minimum atomic E-state index is -4.52. The van der Waals surface area contributed by atoms with Gasteiger partial charge in [-0.05, 0) is 96.1 Å². The third kappa shape index (κ3) is 7.05. The van der Waals surface area contributed by atoms with Crippen molar-refractivity contribution in [1.29, 1.82) is 0 Å². The Morgan fingerprint density at radius 3 is 1.86 bits per heavy atom. The van der Waals surface area contributed by atoms with E-state index >= 15 is 0 Å². The van der Waals surface area contributed by atoms with Gasteiger partial charge in [0.25, 0.3) is 0 Å². The van der Waals surface area contributed by atoms with Gasteiger partial charge < -0.3 is 27.9 Å². The van der Waals surface area contributed by atoms with Crippen molar-refractivity contribution in [2.45, 2.75) is 123 Å². The number of rotatable bonds is 9. The number of hydrogen-bond donors (Lipinski definition) is 0. The summed E-state index contributed by atoms with van der Waals surface area (Å²) in [5.41, 5.74) is -1.46. The first-order chi connectivity index (χ1) is 19.0. The summed E-state index contributed by atoms with van der Waals surface area (Å²) in [4.78, 5) is 0. The number of ether oxygens (including phenoxy) is 1. The minimum Gasteiger partial charge on any atom is -0.400 e. The molecule has 0 spiro atoms. The second-order valence-electron chi connectivity index (χ2n) is 14.8. The molecule has 42 heavy (non-hydrogen) atoms. The lowest BCUT2D eigenvalue weighted by molar-refractivity contribution is -0.126. The van der Waals surface area contributed by atoms with E-state index in [0.29, 0.717) is 18.9 Å². The molecule has 3 heterocycles. The monoisotopic (exact) mass is 607 g/mol. The number of nitrogens with zero attached hydrogens (tertiary/aromatic N) is 1. The minimum absolute atomic E-state index is 0.0480. The molecule has 4 rings (SSSR count). The van der Waals surface area contributed by atoms with Gasteiger partial charge in [0.1, 0.15) is 6.73 Å². The SMILES string of the molecule is CC1(C)OB(/C(CC(F)(F)F)=C(/B2OC(C)(C)C(C)(C)O2)c2ccc3c(ccn3COCC[Si](C)(C)C)c2)OC1(C)C. The van der Waals surface area contributed by atoms with E-state index < -0.39 is 57.3 Å². The van der Waals surface area contributed by atoms with Gasteiger partial charge in [-0.25, -0.2) is 0 Å². The zero-order chi connectivity index (χ0) is 31.5. The summed E-state index contributed by atoms with van der Waals surface area (Å²) < 4.78 is 75.8. The summed E-state index contributed by atoms with van der Waals surface area (Å²) in [6, 6.07) is 8.63. The van der Waals surface area contributed by atoms with Gasteiger partial charge in [0.15, 0.2) is 0 Å². The average Bonchev–Trinajstić information content (AvgIpc) is 3.37. The molecule has 1 aromatic carbocycles. The normalized spacial score (nSPS) is 22.2. The van der Waals surface area contributed by atoms with Crippen molar-refractivity contribution in [3.05, 3.63) is 41.5 Å². The van der Waals surface area contributed by atoms with Crippen LogP contribution >= 0.6 is 0 Å². The highest BCUT2D eigenvalue weighted by atomic mass is 28.3. The Bertz CT molecular complexity index is 1300. The number of allylic oxidation sites excluding steroid dienone is 1. The van der Waals surface area contributed by atoms with Crippen molar-refractivity contribution in [3.63, 3.8) is 0 Å². The summed E-state index contributed by atoms with van der Waals surface area (Å²) in [5.74, 6) is 0. The van der Waals surface area contributed by atoms with Crippen LogP contribution in [0.4, 0.5) is 13.2 Å². The summed E-state index contributed by atoms with van der Waals surface area (Å²) in [6.45, 7) is 22.9. The first-order valence-corrected chi connectivity index (χ1v) is 18.4. The molecular formula is C30H46B2F3NO5Si. The smallest absolute Gasteiger partial charge is 0.400 e. The van der Waals surface area contributed by atoms with Crippen LogP contribution in [0.5, 0.6) is 0 Å². The zero-order valence-electron chi connectivity index (χ0n) is 27.0. The Labute approximate surface area is 250 Å². The molecule has 2 aliphatic rings. The molecule has 0 atom stereocenters. The van der Waals surface area contributed by atoms with Crippen LogP contribution in [0.15, 0.2) is 35.9 Å². The van der Waals surface area contributed by atoms with Crippen LogP contribution < -0.4 is 0 Å². The molecule has 0 N–H and O–H groups in total. The number of alkyl halides is 3. The highest BCUT2D eigenvalue weighted by molar-refractivity contribution is 6.76. The van der Waals surface area contributed by atoms with E-state index in [2.05, 4.69) is 19.6 Å². The van der Waals surface area contributed by atoms with Gasteiger partial charge >= 0.3 is 20.4 Å². The third-order valence-corrected chi connectivity index (χ3v) is 10.8. The van der Waals surface area contributed by atoms with Gasteiger partial charge in [0.05, 0.1) is 34.3 Å². The molecule has 2 saturated heterocycles. The van der Waals surface area contributed by atoms with Gasteiger partial charge in [-0.1, -0.05) is 25.7 Å². The van der Waals surface area contributed by atoms with E-state index in [1.807, 2.05) is 90.4 Å². The van der Waals surface area contributed by atoms with E-state index in [0.717, 1.165) is 16.9 Å². The number of fused-ring (bicyclic) bond motifs is 1. The molecule has 2 fully saturated rings. The lowest BCUT2D eigenvalue weighted by atomic mass is 9.61. The fourth-order valence-corrected chi connectivity index (χ4v) is 5.72. The molecule has 2 aliphatic heterocycles. The lowest BCUT2D eigenvalue weighted by Crippen LogP contribution is -2.41. The van der Waals surface area contributed by atoms with Gasteiger partial charge in [-0.15, -0.1) is 0 Å². The second kappa shape index (κ2) is 11.1. The van der Waals surface area contributed by atoms with Gasteiger partial charge in [-0.2, -0.15) is 13.2 Å². The van der Waals surface area contributed by atoms with Crippen LogP contribution in [0.3, 0.4) is 0 Å². The Hall–Kier alpha value is -1.56. The van der Waals surface area contributed by atoms with E-state index in [1.165, 1.54) is 0 Å². The van der Waals surface area contributed by atoms with Gasteiger partial charge in [0, 0.05) is 26.3 Å². The van der Waals surface area contributed by atoms with Crippen molar-refractivity contribution in [1.82, 2.24) is 4.57 Å². The molecule has 2 aromatic rings. The maximum Gasteiger partial charge on any atom is 0.494 e. The standard InChI is InChI=1S/C30H46B2F3NO5Si/c1-26(2)27(3,4)39-31(38-26)23(19-30(33,34)35)25(32-40-28(5,6)29(7,8)41-32)22-12-13-24-21(18-22)14-15-36(24)20-37-16-17-42(9,10)11/h12-15,18H,16-17,19-20H2,1-11H3/b25-23+. The molecule has 0 aliphatic carbocycles. The predicted octanol–water partition coefficient (Wildman–Crippen LogP) is 7.92. The topological polar surface area (TPSA) is 51.1 Å². The maximum atomic E-state index is 14.2. The van der Waals surface area contributed by atoms with Crippen LogP contribution in [-0.2, 0) is 30.1 Å². The molecule has 12 heteroatoms. The van der Waals surface area contributed by atoms with E-state index in [1.54, 1.807) is 0 Å². The van der Waals surface area contributed by atoms with Crippen LogP contribution in [0.1, 0.15) is 67.4 Å². The van der Waals surface area contributed by atoms with Gasteiger partial charge in [-0.3, -0.25) is 0 Å². The molecule has 0 radical (unpaired) electrons. The fraction of sp³-hybridized carbons (Fsp3) is 0.667. The summed E-state index contributed by atoms with van der Waals surface area (Å²) in [5, 5.41) is 0.871. The summed E-state index contributed by atoms with van der Waals surface area (Å²) >= 11 is 0. The van der Waals surface area contributed by atoms with E-state index in [4.69, 9.17) is 23.4 Å². The van der Waals surface area contributed by atoms with Crippen LogP contribution in [0, 0.1) is 0 Å². The lowest BCUT2D eigenvalue weighted by Gasteiger charge is -2.32. The number of aromatic nitrogens is 1. The van der Waals surface area contributed by atoms with E-state index in [-0.39, 0.29) is 10.9 Å². The predicted molar refractivity (Wildman–Crippen MR) is 166 cm³/mol. The molecule has 0 bridgehead atoms. The Kier molecular flexibility index (Phi) is 8.81. The van der Waals surface area contributed by atoms with Crippen molar-refractivity contribution >= 4 is 38.7 Å². The number of hydrogen-bond acceptors (Lipinski definition) is 5. The largest absolute Gasteiger partial charge is 0.494 e. The maximum absolute atomic E-state index is 14.2. The van der Waals surface area contributed by atoms with Crippen molar-refractivity contribution in [3.8, 4) is 0 Å². The fourth-order valence-electron chi connectivity index (χ4n) is 4.96. The van der Waals surface area contributed by atoms with Gasteiger partial charge in [0.2, 0.25) is 0 Å². The van der Waals surface area contributed by atoms with Crippen molar-refractivity contribution < 1.29 is 36.5 Å². The quantitative estimate of drug-likeness (QED) is 0.214. The van der Waals surface area contributed by atoms with Crippen LogP contribution in [0.2, 0.25) is 25.7 Å². The van der Waals surface area contributed by atoms with Crippen LogP contribution in [0.25, 0.3) is 16.4 Å². The van der Waals surface area contributed by atoms with E-state index in [9.17, 15) is 13.2 Å². The molecule has 1 aromatic heterocycles. The first kappa shape index (κ1) is 33.3. The highest BCUT2D eigenvalue weighted by Gasteiger charge is 2.58. The Morgan fingerprint density at radius 1 is 0.833 bits per heavy atom. The summed E-state index contributed by atoms with van der Waals surface area (Å²) in [6.07, 6.45) is -3.81. The zero-order valence-corrected chi connectivity index (χ0v) is 28.0.